The maximum absolute atomic E-state index is 12.3. The topological polar surface area (TPSA) is 32.3 Å². The van der Waals surface area contributed by atoms with Crippen LogP contribution in [0.3, 0.4) is 0 Å². The lowest BCUT2D eigenvalue weighted by Gasteiger charge is -2.34. The van der Waals surface area contributed by atoms with Gasteiger partial charge in [-0.2, -0.15) is 0 Å². The lowest BCUT2D eigenvalue weighted by atomic mass is 10.0. The highest BCUT2D eigenvalue weighted by Gasteiger charge is 2.22. The van der Waals surface area contributed by atoms with Crippen molar-refractivity contribution in [1.29, 1.82) is 0 Å². The maximum Gasteiger partial charge on any atom is 0.252 e. The highest BCUT2D eigenvalue weighted by Crippen LogP contribution is 2.19. The van der Waals surface area contributed by atoms with Gasteiger partial charge in [0.25, 0.3) is 5.91 Å². The molecule has 20 heavy (non-hydrogen) atoms. The summed E-state index contributed by atoms with van der Waals surface area (Å²) in [7, 11) is 0. The van der Waals surface area contributed by atoms with Crippen LogP contribution in [0, 0.1) is 6.92 Å². The van der Waals surface area contributed by atoms with Crippen molar-refractivity contribution in [2.45, 2.75) is 45.7 Å². The molecule has 0 radical (unpaired) electrons. The molecule has 1 aliphatic heterocycles. The predicted molar refractivity (Wildman–Crippen MR) is 86.1 cm³/mol. The lowest BCUT2D eigenvalue weighted by molar-refractivity contribution is 0.0900. The fraction of sp³-hybridized carbons (Fsp3) is 0.562. The van der Waals surface area contributed by atoms with Crippen LogP contribution >= 0.6 is 15.9 Å². The molecule has 1 fully saturated rings. The minimum Gasteiger partial charge on any atom is -0.349 e. The Morgan fingerprint density at radius 3 is 2.55 bits per heavy atom. The maximum atomic E-state index is 12.3. The van der Waals surface area contributed by atoms with Gasteiger partial charge in [0, 0.05) is 29.6 Å². The van der Waals surface area contributed by atoms with Crippen LogP contribution in [0.25, 0.3) is 0 Å². The Bertz CT molecular complexity index is 479. The molecule has 3 nitrogen and oxygen atoms in total. The molecular formula is C16H23BrN2O. The summed E-state index contributed by atoms with van der Waals surface area (Å²) in [4.78, 5) is 14.8. The van der Waals surface area contributed by atoms with Crippen molar-refractivity contribution in [3.8, 4) is 0 Å². The Balaban J connectivity index is 1.92. The number of rotatable bonds is 3. The average Bonchev–Trinajstić information content (AvgIpc) is 2.39. The molecule has 0 aliphatic carbocycles. The van der Waals surface area contributed by atoms with Gasteiger partial charge in [-0.05, 0) is 67.2 Å². The molecule has 1 aliphatic rings. The normalized spacial score (nSPS) is 17.4. The summed E-state index contributed by atoms with van der Waals surface area (Å²) >= 11 is 3.47. The summed E-state index contributed by atoms with van der Waals surface area (Å²) in [5.41, 5.74) is 1.88. The highest BCUT2D eigenvalue weighted by molar-refractivity contribution is 9.10. The molecule has 4 heteroatoms. The fourth-order valence-electron chi connectivity index (χ4n) is 2.63. The van der Waals surface area contributed by atoms with Crippen molar-refractivity contribution in [2.75, 3.05) is 13.1 Å². The Labute approximate surface area is 129 Å². The number of amides is 1. The fourth-order valence-corrected chi connectivity index (χ4v) is 3.30. The van der Waals surface area contributed by atoms with Crippen molar-refractivity contribution in [3.05, 3.63) is 33.8 Å². The number of nitrogens with zero attached hydrogens (tertiary/aromatic N) is 1. The Morgan fingerprint density at radius 2 is 2.00 bits per heavy atom. The van der Waals surface area contributed by atoms with E-state index in [1.165, 1.54) is 0 Å². The largest absolute Gasteiger partial charge is 0.349 e. The van der Waals surface area contributed by atoms with Gasteiger partial charge in [0.15, 0.2) is 0 Å². The van der Waals surface area contributed by atoms with Gasteiger partial charge in [-0.25, -0.2) is 0 Å². The summed E-state index contributed by atoms with van der Waals surface area (Å²) in [6.45, 7) is 8.61. The first-order valence-electron chi connectivity index (χ1n) is 7.28. The van der Waals surface area contributed by atoms with E-state index in [1.54, 1.807) is 0 Å². The molecule has 1 aromatic carbocycles. The third-order valence-electron chi connectivity index (χ3n) is 3.96. The van der Waals surface area contributed by atoms with Gasteiger partial charge in [0.1, 0.15) is 0 Å². The minimum atomic E-state index is 0.0277. The molecule has 110 valence electrons. The van der Waals surface area contributed by atoms with E-state index < -0.39 is 0 Å². The first-order chi connectivity index (χ1) is 9.47. The highest BCUT2D eigenvalue weighted by atomic mass is 79.9. The molecule has 0 unspecified atom stereocenters. The summed E-state index contributed by atoms with van der Waals surface area (Å²) in [5, 5.41) is 3.16. The number of likely N-dealkylation sites (tertiary alicyclic amines) is 1. The zero-order chi connectivity index (χ0) is 14.7. The molecule has 1 heterocycles. The number of hydrogen-bond acceptors (Lipinski definition) is 2. The Kier molecular flexibility index (Phi) is 5.22. The molecule has 0 bridgehead atoms. The average molecular weight is 339 g/mol. The van der Waals surface area contributed by atoms with E-state index in [9.17, 15) is 4.79 Å². The first kappa shape index (κ1) is 15.5. The van der Waals surface area contributed by atoms with Gasteiger partial charge >= 0.3 is 0 Å². The predicted octanol–water partition coefficient (Wildman–Crippen LogP) is 3.36. The van der Waals surface area contributed by atoms with Gasteiger partial charge in [-0.1, -0.05) is 6.07 Å². The quantitative estimate of drug-likeness (QED) is 0.916. The number of piperidine rings is 1. The van der Waals surface area contributed by atoms with Crippen molar-refractivity contribution in [2.24, 2.45) is 0 Å². The Morgan fingerprint density at radius 1 is 1.35 bits per heavy atom. The van der Waals surface area contributed by atoms with Crippen LogP contribution in [-0.2, 0) is 0 Å². The van der Waals surface area contributed by atoms with Gasteiger partial charge in [-0.3, -0.25) is 4.79 Å². The second-order valence-electron chi connectivity index (χ2n) is 5.86. The first-order valence-corrected chi connectivity index (χ1v) is 8.07. The van der Waals surface area contributed by atoms with Gasteiger partial charge in [0.05, 0.1) is 5.56 Å². The molecule has 0 spiro atoms. The molecule has 1 amide bonds. The monoisotopic (exact) mass is 338 g/mol. The summed E-state index contributed by atoms with van der Waals surface area (Å²) < 4.78 is 0.870. The molecule has 0 atom stereocenters. The van der Waals surface area contributed by atoms with Gasteiger partial charge in [-0.15, -0.1) is 0 Å². The number of nitrogens with one attached hydrogen (secondary N) is 1. The number of benzene rings is 1. The number of aryl methyl sites for hydroxylation is 1. The molecule has 1 N–H and O–H groups in total. The zero-order valence-electron chi connectivity index (χ0n) is 12.4. The number of carbonyl (C=O) groups is 1. The SMILES string of the molecule is Cc1ccc(C(=O)NC2CCN(C(C)C)CC2)c(Br)c1. The smallest absolute Gasteiger partial charge is 0.252 e. The van der Waals surface area contributed by atoms with Crippen molar-refractivity contribution < 1.29 is 4.79 Å². The number of carbonyl (C=O) groups excluding carboxylic acids is 1. The lowest BCUT2D eigenvalue weighted by Crippen LogP contribution is -2.46. The second kappa shape index (κ2) is 6.72. The third kappa shape index (κ3) is 3.83. The summed E-state index contributed by atoms with van der Waals surface area (Å²) in [5.74, 6) is 0.0277. The summed E-state index contributed by atoms with van der Waals surface area (Å²) in [6.07, 6.45) is 2.07. The van der Waals surface area contributed by atoms with Crippen LogP contribution in [0.2, 0.25) is 0 Å². The van der Waals surface area contributed by atoms with Crippen LogP contribution in [-0.4, -0.2) is 36.0 Å². The van der Waals surface area contributed by atoms with E-state index in [0.29, 0.717) is 12.1 Å². The van der Waals surface area contributed by atoms with Crippen LogP contribution in [0.4, 0.5) is 0 Å². The molecule has 1 saturated heterocycles. The van der Waals surface area contributed by atoms with E-state index in [1.807, 2.05) is 25.1 Å². The molecule has 2 rings (SSSR count). The van der Waals surface area contributed by atoms with E-state index in [2.05, 4.69) is 40.0 Å². The second-order valence-corrected chi connectivity index (χ2v) is 6.72. The standard InChI is InChI=1S/C16H23BrN2O/c1-11(2)19-8-6-13(7-9-19)18-16(20)14-5-4-12(3)10-15(14)17/h4-5,10-11,13H,6-9H2,1-3H3,(H,18,20). The number of hydrogen-bond donors (Lipinski definition) is 1. The van der Waals surface area contributed by atoms with E-state index in [4.69, 9.17) is 0 Å². The van der Waals surface area contributed by atoms with Crippen LogP contribution in [0.5, 0.6) is 0 Å². The van der Waals surface area contributed by atoms with Gasteiger partial charge < -0.3 is 10.2 Å². The van der Waals surface area contributed by atoms with E-state index in [-0.39, 0.29) is 5.91 Å². The van der Waals surface area contributed by atoms with Crippen LogP contribution in [0.15, 0.2) is 22.7 Å². The van der Waals surface area contributed by atoms with E-state index in [0.717, 1.165) is 41.5 Å². The molecular weight excluding hydrogens is 316 g/mol. The van der Waals surface area contributed by atoms with E-state index >= 15 is 0 Å². The molecule has 1 aromatic rings. The minimum absolute atomic E-state index is 0.0277. The summed E-state index contributed by atoms with van der Waals surface area (Å²) in [6, 6.07) is 6.73. The number of halogens is 1. The van der Waals surface area contributed by atoms with Crippen molar-refractivity contribution >= 4 is 21.8 Å². The molecule has 0 saturated carbocycles. The van der Waals surface area contributed by atoms with Crippen molar-refractivity contribution in [1.82, 2.24) is 10.2 Å². The Hall–Kier alpha value is -0.870. The van der Waals surface area contributed by atoms with Crippen LogP contribution < -0.4 is 5.32 Å². The zero-order valence-corrected chi connectivity index (χ0v) is 14.0. The third-order valence-corrected chi connectivity index (χ3v) is 4.62. The molecule has 0 aromatic heterocycles. The van der Waals surface area contributed by atoms with Gasteiger partial charge in [0.2, 0.25) is 0 Å². The van der Waals surface area contributed by atoms with Crippen molar-refractivity contribution in [3.63, 3.8) is 0 Å². The van der Waals surface area contributed by atoms with Crippen LogP contribution in [0.1, 0.15) is 42.6 Å².